The molecule has 7 aromatic rings. The second-order valence-electron chi connectivity index (χ2n) is 7.83. The lowest BCUT2D eigenvalue weighted by Crippen LogP contribution is -1.86. The molecule has 0 saturated carbocycles. The second kappa shape index (κ2) is 5.37. The Morgan fingerprint density at radius 3 is 2.00 bits per heavy atom. The van der Waals surface area contributed by atoms with Crippen LogP contribution in [-0.4, -0.2) is 4.57 Å². The van der Waals surface area contributed by atoms with Crippen LogP contribution in [0.15, 0.2) is 84.9 Å². The lowest BCUT2D eigenvalue weighted by molar-refractivity contribution is 1.01. The monoisotopic (exact) mass is 387 g/mol. The molecule has 0 unspecified atom stereocenters. The van der Waals surface area contributed by atoms with Crippen molar-refractivity contribution in [3.63, 3.8) is 0 Å². The number of para-hydroxylation sites is 1. The number of nitrogens with zero attached hydrogens (tertiary/aromatic N) is 1. The minimum absolute atomic E-state index is 1.29. The van der Waals surface area contributed by atoms with Crippen molar-refractivity contribution in [2.45, 2.75) is 0 Å². The predicted molar refractivity (Wildman–Crippen MR) is 128 cm³/mol. The van der Waals surface area contributed by atoms with Gasteiger partial charge in [-0.25, -0.2) is 0 Å². The van der Waals surface area contributed by atoms with Gasteiger partial charge >= 0.3 is 0 Å². The van der Waals surface area contributed by atoms with E-state index in [1.165, 1.54) is 63.5 Å². The molecule has 0 bridgehead atoms. The second-order valence-corrected chi connectivity index (χ2v) is 8.91. The molecule has 0 atom stereocenters. The van der Waals surface area contributed by atoms with E-state index in [4.69, 9.17) is 0 Å². The summed E-state index contributed by atoms with van der Waals surface area (Å²) in [6, 6.07) is 31.4. The zero-order chi connectivity index (χ0) is 19.1. The molecule has 2 heteroatoms. The first-order chi connectivity index (χ1) is 14.3. The van der Waals surface area contributed by atoms with Crippen molar-refractivity contribution in [2.24, 2.45) is 7.05 Å². The average Bonchev–Trinajstić information content (AvgIpc) is 3.29. The van der Waals surface area contributed by atoms with Crippen LogP contribution in [0.5, 0.6) is 0 Å². The molecular formula is C27H17NS. The van der Waals surface area contributed by atoms with E-state index in [9.17, 15) is 0 Å². The summed E-state index contributed by atoms with van der Waals surface area (Å²) in [6.07, 6.45) is 0. The van der Waals surface area contributed by atoms with Crippen LogP contribution in [0.3, 0.4) is 0 Å². The summed E-state index contributed by atoms with van der Waals surface area (Å²) in [7, 11) is 2.17. The minimum atomic E-state index is 1.29. The third kappa shape index (κ3) is 1.89. The zero-order valence-corrected chi connectivity index (χ0v) is 16.8. The van der Waals surface area contributed by atoms with Gasteiger partial charge in [-0.2, -0.15) is 0 Å². The Bertz CT molecular complexity index is 1760. The van der Waals surface area contributed by atoms with Crippen molar-refractivity contribution >= 4 is 74.9 Å². The molecule has 1 nitrogen and oxygen atoms in total. The van der Waals surface area contributed by atoms with E-state index in [0.29, 0.717) is 0 Å². The first-order valence-corrected chi connectivity index (χ1v) is 10.8. The molecule has 0 amide bonds. The molecule has 0 fully saturated rings. The molecule has 0 saturated heterocycles. The zero-order valence-electron chi connectivity index (χ0n) is 15.9. The number of thiophene rings is 1. The third-order valence-corrected chi connectivity index (χ3v) is 7.55. The molecule has 0 aliphatic heterocycles. The first-order valence-electron chi connectivity index (χ1n) is 9.94. The molecular weight excluding hydrogens is 370 g/mol. The molecule has 2 aromatic heterocycles. The normalized spacial score (nSPS) is 12.3. The van der Waals surface area contributed by atoms with E-state index < -0.39 is 0 Å². The van der Waals surface area contributed by atoms with Gasteiger partial charge in [0.05, 0.1) is 0 Å². The van der Waals surface area contributed by atoms with Crippen molar-refractivity contribution in [3.8, 4) is 0 Å². The van der Waals surface area contributed by atoms with Crippen molar-refractivity contribution in [1.29, 1.82) is 0 Å². The molecule has 0 N–H and O–H groups in total. The van der Waals surface area contributed by atoms with Gasteiger partial charge < -0.3 is 4.57 Å². The highest BCUT2D eigenvalue weighted by Crippen LogP contribution is 2.42. The molecule has 2 heterocycles. The van der Waals surface area contributed by atoms with E-state index in [1.54, 1.807) is 0 Å². The third-order valence-electron chi connectivity index (χ3n) is 6.41. The van der Waals surface area contributed by atoms with Crippen molar-refractivity contribution < 1.29 is 0 Å². The fourth-order valence-corrected chi connectivity index (χ4v) is 6.23. The Morgan fingerprint density at radius 1 is 0.483 bits per heavy atom. The van der Waals surface area contributed by atoms with E-state index in [0.717, 1.165) is 0 Å². The molecule has 7 rings (SSSR count). The predicted octanol–water partition coefficient (Wildman–Crippen LogP) is 8.01. The molecule has 5 aromatic carbocycles. The van der Waals surface area contributed by atoms with Crippen LogP contribution >= 0.6 is 11.3 Å². The number of rotatable bonds is 0. The van der Waals surface area contributed by atoms with Crippen molar-refractivity contribution in [2.75, 3.05) is 0 Å². The lowest BCUT2D eigenvalue weighted by Gasteiger charge is -2.08. The lowest BCUT2D eigenvalue weighted by atomic mass is 9.96. The van der Waals surface area contributed by atoms with Crippen molar-refractivity contribution in [3.05, 3.63) is 84.9 Å². The van der Waals surface area contributed by atoms with Gasteiger partial charge in [-0.05, 0) is 45.8 Å². The fourth-order valence-electron chi connectivity index (χ4n) is 5.10. The van der Waals surface area contributed by atoms with Gasteiger partial charge in [0.15, 0.2) is 0 Å². The Labute approximate surface area is 171 Å². The summed E-state index contributed by atoms with van der Waals surface area (Å²) in [5.41, 5.74) is 2.58. The van der Waals surface area contributed by atoms with Gasteiger partial charge in [0.25, 0.3) is 0 Å². The molecule has 0 aliphatic rings. The number of hydrogen-bond acceptors (Lipinski definition) is 1. The van der Waals surface area contributed by atoms with Gasteiger partial charge in [-0.1, -0.05) is 60.7 Å². The van der Waals surface area contributed by atoms with E-state index in [2.05, 4.69) is 96.5 Å². The van der Waals surface area contributed by atoms with Gasteiger partial charge in [-0.15, -0.1) is 11.3 Å². The Hall–Kier alpha value is -3.36. The number of aromatic nitrogens is 1. The largest absolute Gasteiger partial charge is 0.344 e. The van der Waals surface area contributed by atoms with Gasteiger partial charge in [0.2, 0.25) is 0 Å². The smallest absolute Gasteiger partial charge is 0.0495 e. The number of benzene rings is 5. The van der Waals surface area contributed by atoms with Crippen LogP contribution < -0.4 is 0 Å². The average molecular weight is 388 g/mol. The first kappa shape index (κ1) is 15.5. The Morgan fingerprint density at radius 2 is 1.14 bits per heavy atom. The van der Waals surface area contributed by atoms with Crippen LogP contribution in [-0.2, 0) is 7.05 Å². The molecule has 136 valence electrons. The number of aryl methyl sites for hydroxylation is 1. The van der Waals surface area contributed by atoms with Crippen molar-refractivity contribution in [1.82, 2.24) is 4.57 Å². The summed E-state index contributed by atoms with van der Waals surface area (Å²) in [5.74, 6) is 0. The fraction of sp³-hybridized carbons (Fsp3) is 0.0370. The SMILES string of the molecule is Cn1c2ccccc2c2c3ccc4c(ccc5sc6ccccc6c54)c3ccc21. The highest BCUT2D eigenvalue weighted by molar-refractivity contribution is 7.26. The Balaban J connectivity index is 1.73. The molecule has 0 radical (unpaired) electrons. The summed E-state index contributed by atoms with van der Waals surface area (Å²) in [6.45, 7) is 0. The number of fused-ring (bicyclic) bond motifs is 11. The highest BCUT2D eigenvalue weighted by Gasteiger charge is 2.14. The minimum Gasteiger partial charge on any atom is -0.344 e. The van der Waals surface area contributed by atoms with Crippen LogP contribution in [0.1, 0.15) is 0 Å². The summed E-state index contributed by atoms with van der Waals surface area (Å²) in [5, 5.41) is 10.8. The maximum Gasteiger partial charge on any atom is 0.0495 e. The maximum absolute atomic E-state index is 2.33. The van der Waals surface area contributed by atoms with Crippen LogP contribution in [0.25, 0.3) is 63.5 Å². The summed E-state index contributed by atoms with van der Waals surface area (Å²) in [4.78, 5) is 0. The Kier molecular flexibility index (Phi) is 2.88. The summed E-state index contributed by atoms with van der Waals surface area (Å²) < 4.78 is 5.04. The van der Waals surface area contributed by atoms with Gasteiger partial charge in [0, 0.05) is 49.0 Å². The maximum atomic E-state index is 2.33. The van der Waals surface area contributed by atoms with Gasteiger partial charge in [0.1, 0.15) is 0 Å². The summed E-state index contributed by atoms with van der Waals surface area (Å²) >= 11 is 1.89. The van der Waals surface area contributed by atoms with Crippen LogP contribution in [0.2, 0.25) is 0 Å². The standard InChI is InChI=1S/C27H17NS/c1-28-22-8-4-2-6-20(22)26-18-10-11-19-17(16(18)12-14-23(26)28)13-15-25-27(19)21-7-3-5-9-24(21)29-25/h2-15H,1H3. The number of hydrogen-bond donors (Lipinski definition) is 0. The topological polar surface area (TPSA) is 4.93 Å². The molecule has 0 aliphatic carbocycles. The highest BCUT2D eigenvalue weighted by atomic mass is 32.1. The van der Waals surface area contributed by atoms with Crippen LogP contribution in [0.4, 0.5) is 0 Å². The molecule has 0 spiro atoms. The molecule has 29 heavy (non-hydrogen) atoms. The van der Waals surface area contributed by atoms with E-state index in [-0.39, 0.29) is 0 Å². The van der Waals surface area contributed by atoms with Crippen LogP contribution in [0, 0.1) is 0 Å². The van der Waals surface area contributed by atoms with E-state index in [1.807, 2.05) is 11.3 Å². The van der Waals surface area contributed by atoms with E-state index >= 15 is 0 Å². The van der Waals surface area contributed by atoms with Gasteiger partial charge in [-0.3, -0.25) is 0 Å². The quantitative estimate of drug-likeness (QED) is 0.232.